The summed E-state index contributed by atoms with van der Waals surface area (Å²) < 4.78 is 14.3. The number of nitrogens with one attached hydrogen (secondary N) is 1. The van der Waals surface area contributed by atoms with E-state index >= 15 is 0 Å². The van der Waals surface area contributed by atoms with Crippen molar-refractivity contribution in [3.63, 3.8) is 0 Å². The normalized spacial score (nSPS) is 18.4. The third-order valence-corrected chi connectivity index (χ3v) is 4.72. The predicted molar refractivity (Wildman–Crippen MR) is 80.7 cm³/mol. The Kier molecular flexibility index (Phi) is 5.04. The van der Waals surface area contributed by atoms with E-state index in [-0.39, 0.29) is 5.91 Å². The van der Waals surface area contributed by atoms with Gasteiger partial charge < -0.3 is 14.8 Å². The fourth-order valence-electron chi connectivity index (χ4n) is 2.27. The number of carbonyl (C=O) groups excluding carboxylic acids is 1. The molecule has 6 heteroatoms. The number of anilines is 1. The SMILES string of the molecule is CC(=O)Nc1ccc2c(c1)CN(CCCN(C)C)[S+]2[O-]. The highest BCUT2D eigenvalue weighted by atomic mass is 32.2. The number of fused-ring (bicyclic) bond motifs is 1. The van der Waals surface area contributed by atoms with Crippen molar-refractivity contribution < 1.29 is 9.35 Å². The van der Waals surface area contributed by atoms with Gasteiger partial charge >= 0.3 is 0 Å². The zero-order chi connectivity index (χ0) is 14.7. The molecular weight excluding hydrogens is 274 g/mol. The molecule has 1 heterocycles. The summed E-state index contributed by atoms with van der Waals surface area (Å²) in [7, 11) is 4.07. The lowest BCUT2D eigenvalue weighted by Crippen LogP contribution is -2.27. The predicted octanol–water partition coefficient (Wildman–Crippen LogP) is 1.43. The van der Waals surface area contributed by atoms with Crippen molar-refractivity contribution in [2.75, 3.05) is 32.5 Å². The first-order valence-corrected chi connectivity index (χ1v) is 7.80. The molecule has 1 atom stereocenters. The Hall–Kier alpha value is -1.08. The summed E-state index contributed by atoms with van der Waals surface area (Å²) in [6.45, 7) is 3.97. The molecule has 0 spiro atoms. The van der Waals surface area contributed by atoms with Crippen molar-refractivity contribution in [3.8, 4) is 0 Å². The minimum absolute atomic E-state index is 0.0908. The molecule has 0 bridgehead atoms. The Morgan fingerprint density at radius 1 is 1.50 bits per heavy atom. The molecule has 0 saturated carbocycles. The van der Waals surface area contributed by atoms with E-state index in [1.165, 1.54) is 6.92 Å². The maximum Gasteiger partial charge on any atom is 0.221 e. The molecule has 20 heavy (non-hydrogen) atoms. The Labute approximate surface area is 123 Å². The van der Waals surface area contributed by atoms with Crippen LogP contribution >= 0.6 is 0 Å². The van der Waals surface area contributed by atoms with Gasteiger partial charge in [-0.1, -0.05) is 0 Å². The fraction of sp³-hybridized carbons (Fsp3) is 0.500. The lowest BCUT2D eigenvalue weighted by Gasteiger charge is -2.17. The molecule has 0 aromatic heterocycles. The van der Waals surface area contributed by atoms with Crippen LogP contribution in [0.25, 0.3) is 0 Å². The van der Waals surface area contributed by atoms with Crippen LogP contribution in [0.15, 0.2) is 23.1 Å². The summed E-state index contributed by atoms with van der Waals surface area (Å²) in [5.74, 6) is -0.0908. The lowest BCUT2D eigenvalue weighted by atomic mass is 10.2. The Balaban J connectivity index is 2.00. The number of benzene rings is 1. The molecule has 110 valence electrons. The minimum Gasteiger partial charge on any atom is -0.593 e. The Bertz CT molecular complexity index is 493. The smallest absolute Gasteiger partial charge is 0.221 e. The number of amides is 1. The summed E-state index contributed by atoms with van der Waals surface area (Å²) in [4.78, 5) is 14.1. The molecule has 0 saturated heterocycles. The van der Waals surface area contributed by atoms with E-state index in [0.29, 0.717) is 6.54 Å². The lowest BCUT2D eigenvalue weighted by molar-refractivity contribution is -0.114. The van der Waals surface area contributed by atoms with Gasteiger partial charge in [-0.15, -0.1) is 4.31 Å². The van der Waals surface area contributed by atoms with Gasteiger partial charge in [0.2, 0.25) is 5.91 Å². The van der Waals surface area contributed by atoms with Gasteiger partial charge in [0.25, 0.3) is 0 Å². The average Bonchev–Trinajstić information content (AvgIpc) is 2.65. The van der Waals surface area contributed by atoms with Gasteiger partial charge in [0, 0.05) is 24.7 Å². The molecule has 1 aliphatic heterocycles. The van der Waals surface area contributed by atoms with Crippen LogP contribution in [-0.2, 0) is 22.7 Å². The topological polar surface area (TPSA) is 58.6 Å². The molecule has 0 aliphatic carbocycles. The van der Waals surface area contributed by atoms with Crippen molar-refractivity contribution >= 4 is 23.0 Å². The molecule has 1 amide bonds. The summed E-state index contributed by atoms with van der Waals surface area (Å²) in [5, 5.41) is 2.76. The number of nitrogens with zero attached hydrogens (tertiary/aromatic N) is 2. The minimum atomic E-state index is -1.07. The second kappa shape index (κ2) is 6.58. The van der Waals surface area contributed by atoms with E-state index in [1.54, 1.807) is 6.07 Å². The number of rotatable bonds is 5. The first-order chi connectivity index (χ1) is 9.47. The van der Waals surface area contributed by atoms with Gasteiger partial charge in [0.05, 0.1) is 17.9 Å². The maximum atomic E-state index is 12.3. The highest BCUT2D eigenvalue weighted by Gasteiger charge is 2.33. The molecule has 5 nitrogen and oxygen atoms in total. The summed E-state index contributed by atoms with van der Waals surface area (Å²) in [5.41, 5.74) is 1.81. The molecular formula is C14H21N3O2S. The maximum absolute atomic E-state index is 12.3. The van der Waals surface area contributed by atoms with Crippen LogP contribution in [0.2, 0.25) is 0 Å². The standard InChI is InChI=1S/C14H21N3O2S/c1-11(18)15-13-5-6-14-12(9-13)10-17(20(14)19)8-4-7-16(2)3/h5-6,9H,4,7-8,10H2,1-3H3,(H,15,18). The third-order valence-electron chi connectivity index (χ3n) is 3.16. The van der Waals surface area contributed by atoms with Gasteiger partial charge in [-0.2, -0.15) is 0 Å². The zero-order valence-corrected chi connectivity index (χ0v) is 13.0. The second-order valence-corrected chi connectivity index (χ2v) is 6.73. The van der Waals surface area contributed by atoms with Crippen LogP contribution in [0.1, 0.15) is 18.9 Å². The van der Waals surface area contributed by atoms with E-state index in [9.17, 15) is 9.35 Å². The van der Waals surface area contributed by atoms with Crippen LogP contribution in [0.5, 0.6) is 0 Å². The molecule has 1 N–H and O–H groups in total. The van der Waals surface area contributed by atoms with E-state index in [0.717, 1.165) is 35.7 Å². The molecule has 0 fully saturated rings. The van der Waals surface area contributed by atoms with Crippen LogP contribution in [0.4, 0.5) is 5.69 Å². The number of hydrogen-bond acceptors (Lipinski definition) is 4. The quantitative estimate of drug-likeness (QED) is 0.835. The Morgan fingerprint density at radius 2 is 2.25 bits per heavy atom. The Morgan fingerprint density at radius 3 is 2.90 bits per heavy atom. The fourth-order valence-corrected chi connectivity index (χ4v) is 3.63. The van der Waals surface area contributed by atoms with E-state index < -0.39 is 11.4 Å². The highest BCUT2D eigenvalue weighted by Crippen LogP contribution is 2.32. The largest absolute Gasteiger partial charge is 0.593 e. The molecule has 0 radical (unpaired) electrons. The van der Waals surface area contributed by atoms with E-state index in [1.807, 2.05) is 30.5 Å². The monoisotopic (exact) mass is 295 g/mol. The van der Waals surface area contributed by atoms with Gasteiger partial charge in [0.1, 0.15) is 0 Å². The first-order valence-electron chi connectivity index (χ1n) is 6.69. The zero-order valence-electron chi connectivity index (χ0n) is 12.2. The third kappa shape index (κ3) is 3.73. The molecule has 2 rings (SSSR count). The summed E-state index contributed by atoms with van der Waals surface area (Å²) in [6.07, 6.45) is 0.991. The van der Waals surface area contributed by atoms with Crippen molar-refractivity contribution in [2.24, 2.45) is 0 Å². The average molecular weight is 295 g/mol. The van der Waals surface area contributed by atoms with E-state index in [4.69, 9.17) is 0 Å². The van der Waals surface area contributed by atoms with Gasteiger partial charge in [-0.25, -0.2) is 0 Å². The van der Waals surface area contributed by atoms with Crippen molar-refractivity contribution in [2.45, 2.75) is 24.8 Å². The summed E-state index contributed by atoms with van der Waals surface area (Å²) in [6, 6.07) is 5.57. The second-order valence-electron chi connectivity index (χ2n) is 5.27. The molecule has 1 aromatic carbocycles. The van der Waals surface area contributed by atoms with Crippen LogP contribution < -0.4 is 5.32 Å². The molecule has 1 unspecified atom stereocenters. The van der Waals surface area contributed by atoms with E-state index in [2.05, 4.69) is 10.2 Å². The van der Waals surface area contributed by atoms with Crippen LogP contribution in [0.3, 0.4) is 0 Å². The summed E-state index contributed by atoms with van der Waals surface area (Å²) >= 11 is -1.07. The highest BCUT2D eigenvalue weighted by molar-refractivity contribution is 7.89. The van der Waals surface area contributed by atoms with Gasteiger partial charge in [-0.3, -0.25) is 4.79 Å². The first kappa shape index (κ1) is 15.3. The van der Waals surface area contributed by atoms with Gasteiger partial charge in [-0.05, 0) is 45.3 Å². The molecule has 1 aromatic rings. The number of hydrogen-bond donors (Lipinski definition) is 1. The molecule has 1 aliphatic rings. The van der Waals surface area contributed by atoms with Gasteiger partial charge in [0.15, 0.2) is 4.90 Å². The number of carbonyl (C=O) groups is 1. The van der Waals surface area contributed by atoms with Crippen LogP contribution in [-0.4, -0.2) is 46.8 Å². The van der Waals surface area contributed by atoms with Crippen molar-refractivity contribution in [3.05, 3.63) is 23.8 Å². The van der Waals surface area contributed by atoms with Crippen molar-refractivity contribution in [1.82, 2.24) is 9.21 Å². The van der Waals surface area contributed by atoms with Crippen molar-refractivity contribution in [1.29, 1.82) is 0 Å². The van der Waals surface area contributed by atoms with Crippen LogP contribution in [0, 0.1) is 0 Å².